The maximum atomic E-state index is 12.8. The monoisotopic (exact) mass is 416 g/mol. The minimum Gasteiger partial charge on any atom is -0.492 e. The molecule has 1 heterocycles. The third-order valence-corrected chi connectivity index (χ3v) is 6.18. The van der Waals surface area contributed by atoms with E-state index in [-0.39, 0.29) is 18.9 Å². The molecule has 3 rings (SSSR count). The van der Waals surface area contributed by atoms with Gasteiger partial charge in [0.05, 0.1) is 18.6 Å². The van der Waals surface area contributed by atoms with Crippen LogP contribution in [0.5, 0.6) is 5.75 Å². The van der Waals surface area contributed by atoms with Crippen molar-refractivity contribution in [1.82, 2.24) is 0 Å². The van der Waals surface area contributed by atoms with E-state index in [4.69, 9.17) is 4.74 Å². The van der Waals surface area contributed by atoms with Gasteiger partial charge in [-0.05, 0) is 49.9 Å². The number of nitrogens with zero attached hydrogens (tertiary/aromatic N) is 2. The first-order chi connectivity index (χ1) is 13.9. The fraction of sp³-hybridized carbons (Fsp3) is 0.409. The number of para-hydroxylation sites is 3. The molecule has 0 saturated carbocycles. The van der Waals surface area contributed by atoms with E-state index in [0.717, 1.165) is 18.5 Å². The van der Waals surface area contributed by atoms with Crippen LogP contribution in [0, 0.1) is 0 Å². The van der Waals surface area contributed by atoms with Crippen LogP contribution in [0.25, 0.3) is 0 Å². The Labute approximate surface area is 173 Å². The van der Waals surface area contributed by atoms with Crippen molar-refractivity contribution >= 4 is 27.3 Å². The number of ether oxygens (including phenoxy) is 1. The zero-order valence-corrected chi connectivity index (χ0v) is 17.8. The van der Waals surface area contributed by atoms with Crippen molar-refractivity contribution in [3.63, 3.8) is 0 Å². The van der Waals surface area contributed by atoms with Crippen molar-refractivity contribution < 1.29 is 17.9 Å². The molecule has 0 atom stereocenters. The Balaban J connectivity index is 1.70. The maximum absolute atomic E-state index is 12.8. The van der Waals surface area contributed by atoms with Gasteiger partial charge in [-0.2, -0.15) is 0 Å². The van der Waals surface area contributed by atoms with Crippen LogP contribution in [-0.2, 0) is 21.2 Å². The highest BCUT2D eigenvalue weighted by Crippen LogP contribution is 2.31. The molecule has 29 heavy (non-hydrogen) atoms. The van der Waals surface area contributed by atoms with E-state index in [1.165, 1.54) is 16.1 Å². The number of anilines is 2. The van der Waals surface area contributed by atoms with Crippen LogP contribution in [0.2, 0.25) is 0 Å². The predicted octanol–water partition coefficient (Wildman–Crippen LogP) is 3.61. The maximum Gasteiger partial charge on any atom is 0.232 e. The van der Waals surface area contributed by atoms with E-state index in [1.54, 1.807) is 18.2 Å². The number of carbonyl (C=O) groups excluding carboxylic acids is 1. The first-order valence-electron chi connectivity index (χ1n) is 9.99. The largest absolute Gasteiger partial charge is 0.492 e. The SMILES string of the molecule is CCOc1ccccc1N(CCCC(=O)N1CCCc2ccccc21)S(C)(=O)=O. The molecule has 6 nitrogen and oxygen atoms in total. The summed E-state index contributed by atoms with van der Waals surface area (Å²) in [4.78, 5) is 14.7. The van der Waals surface area contributed by atoms with Crippen molar-refractivity contribution in [2.75, 3.05) is 35.2 Å². The number of benzene rings is 2. The van der Waals surface area contributed by atoms with Crippen molar-refractivity contribution in [3.8, 4) is 5.75 Å². The molecule has 1 aliphatic heterocycles. The van der Waals surface area contributed by atoms with Crippen LogP contribution in [0.1, 0.15) is 31.7 Å². The third-order valence-electron chi connectivity index (χ3n) is 5.00. The number of carbonyl (C=O) groups is 1. The molecule has 0 N–H and O–H groups in total. The molecule has 0 spiro atoms. The van der Waals surface area contributed by atoms with Gasteiger partial charge in [-0.1, -0.05) is 30.3 Å². The Bertz CT molecular complexity index is 959. The lowest BCUT2D eigenvalue weighted by molar-refractivity contribution is -0.118. The van der Waals surface area contributed by atoms with Crippen molar-refractivity contribution in [2.45, 2.75) is 32.6 Å². The Morgan fingerprint density at radius 2 is 1.86 bits per heavy atom. The van der Waals surface area contributed by atoms with Crippen LogP contribution in [-0.4, -0.2) is 40.3 Å². The average molecular weight is 417 g/mol. The summed E-state index contributed by atoms with van der Waals surface area (Å²) in [6, 6.07) is 15.1. The van der Waals surface area contributed by atoms with Gasteiger partial charge in [0, 0.05) is 25.2 Å². The van der Waals surface area contributed by atoms with Gasteiger partial charge in [-0.15, -0.1) is 0 Å². The van der Waals surface area contributed by atoms with E-state index in [0.29, 0.717) is 31.0 Å². The summed E-state index contributed by atoms with van der Waals surface area (Å²) in [6.45, 7) is 3.24. The molecular weight excluding hydrogens is 388 g/mol. The molecule has 1 aliphatic rings. The molecule has 156 valence electrons. The normalized spacial score (nSPS) is 13.7. The zero-order valence-electron chi connectivity index (χ0n) is 17.0. The zero-order chi connectivity index (χ0) is 20.9. The van der Waals surface area contributed by atoms with Crippen molar-refractivity contribution in [2.24, 2.45) is 0 Å². The van der Waals surface area contributed by atoms with Gasteiger partial charge in [0.25, 0.3) is 0 Å². The third kappa shape index (κ3) is 5.09. The van der Waals surface area contributed by atoms with Crippen LogP contribution in [0.15, 0.2) is 48.5 Å². The second-order valence-electron chi connectivity index (χ2n) is 7.12. The van der Waals surface area contributed by atoms with Gasteiger partial charge < -0.3 is 9.64 Å². The Hall–Kier alpha value is -2.54. The second kappa shape index (κ2) is 9.31. The second-order valence-corrected chi connectivity index (χ2v) is 9.02. The Morgan fingerprint density at radius 3 is 2.62 bits per heavy atom. The number of sulfonamides is 1. The van der Waals surface area contributed by atoms with Gasteiger partial charge >= 0.3 is 0 Å². The Kier molecular flexibility index (Phi) is 6.79. The molecule has 0 unspecified atom stereocenters. The van der Waals surface area contributed by atoms with Gasteiger partial charge in [0.15, 0.2) is 0 Å². The van der Waals surface area contributed by atoms with Gasteiger partial charge in [-0.3, -0.25) is 9.10 Å². The van der Waals surface area contributed by atoms with Crippen molar-refractivity contribution in [3.05, 3.63) is 54.1 Å². The molecule has 0 bridgehead atoms. The highest BCUT2D eigenvalue weighted by molar-refractivity contribution is 7.92. The minimum atomic E-state index is -3.50. The summed E-state index contributed by atoms with van der Waals surface area (Å²) in [5, 5.41) is 0. The summed E-state index contributed by atoms with van der Waals surface area (Å²) in [6.07, 6.45) is 3.83. The lowest BCUT2D eigenvalue weighted by Crippen LogP contribution is -2.36. The summed E-state index contributed by atoms with van der Waals surface area (Å²) in [5.41, 5.74) is 2.67. The highest BCUT2D eigenvalue weighted by Gasteiger charge is 2.24. The number of hydrogen-bond acceptors (Lipinski definition) is 4. The number of aryl methyl sites for hydroxylation is 1. The fourth-order valence-corrected chi connectivity index (χ4v) is 4.68. The average Bonchev–Trinajstić information content (AvgIpc) is 2.70. The number of amides is 1. The molecule has 2 aromatic carbocycles. The van der Waals surface area contributed by atoms with E-state index >= 15 is 0 Å². The number of rotatable bonds is 8. The van der Waals surface area contributed by atoms with Gasteiger partial charge in [0.1, 0.15) is 5.75 Å². The molecule has 0 saturated heterocycles. The summed E-state index contributed by atoms with van der Waals surface area (Å²) >= 11 is 0. The summed E-state index contributed by atoms with van der Waals surface area (Å²) in [7, 11) is -3.50. The minimum absolute atomic E-state index is 0.0312. The summed E-state index contributed by atoms with van der Waals surface area (Å²) in [5.74, 6) is 0.556. The van der Waals surface area contributed by atoms with Crippen LogP contribution in [0.3, 0.4) is 0 Å². The highest BCUT2D eigenvalue weighted by atomic mass is 32.2. The van der Waals surface area contributed by atoms with Gasteiger partial charge in [-0.25, -0.2) is 8.42 Å². The molecule has 0 radical (unpaired) electrons. The smallest absolute Gasteiger partial charge is 0.232 e. The predicted molar refractivity (Wildman–Crippen MR) is 116 cm³/mol. The molecule has 2 aromatic rings. The van der Waals surface area contributed by atoms with Crippen LogP contribution < -0.4 is 13.9 Å². The van der Waals surface area contributed by atoms with E-state index in [2.05, 4.69) is 6.07 Å². The molecule has 0 fully saturated rings. The topological polar surface area (TPSA) is 66.9 Å². The molecule has 1 amide bonds. The van der Waals surface area contributed by atoms with E-state index in [9.17, 15) is 13.2 Å². The van der Waals surface area contributed by atoms with E-state index in [1.807, 2.05) is 36.1 Å². The van der Waals surface area contributed by atoms with Gasteiger partial charge in [0.2, 0.25) is 15.9 Å². The van der Waals surface area contributed by atoms with Crippen LogP contribution in [0.4, 0.5) is 11.4 Å². The first-order valence-corrected chi connectivity index (χ1v) is 11.8. The lowest BCUT2D eigenvalue weighted by atomic mass is 10.0. The van der Waals surface area contributed by atoms with Crippen molar-refractivity contribution in [1.29, 1.82) is 0 Å². The molecule has 7 heteroatoms. The molecule has 0 aliphatic carbocycles. The standard InChI is InChI=1S/C22H28N2O4S/c1-3-28-21-14-7-6-13-20(21)24(29(2,26)27)17-9-15-22(25)23-16-8-11-18-10-4-5-12-19(18)23/h4-7,10,12-14H,3,8-9,11,15-17H2,1-2H3. The summed E-state index contributed by atoms with van der Waals surface area (Å²) < 4.78 is 31.7. The first kappa shape index (κ1) is 21.2. The number of hydrogen-bond donors (Lipinski definition) is 0. The lowest BCUT2D eigenvalue weighted by Gasteiger charge is -2.30. The molecule has 0 aromatic heterocycles. The Morgan fingerprint density at radius 1 is 1.14 bits per heavy atom. The molecular formula is C22H28N2O4S. The fourth-order valence-electron chi connectivity index (χ4n) is 3.71. The van der Waals surface area contributed by atoms with Crippen LogP contribution >= 0.6 is 0 Å². The van der Waals surface area contributed by atoms with E-state index < -0.39 is 10.0 Å². The number of fused-ring (bicyclic) bond motifs is 1. The quantitative estimate of drug-likeness (QED) is 0.659.